The van der Waals surface area contributed by atoms with Crippen molar-refractivity contribution in [2.75, 3.05) is 6.54 Å². The van der Waals surface area contributed by atoms with E-state index in [0.717, 1.165) is 16.5 Å². The van der Waals surface area contributed by atoms with Gasteiger partial charge in [-0.2, -0.15) is 0 Å². The van der Waals surface area contributed by atoms with Crippen molar-refractivity contribution in [2.24, 2.45) is 5.73 Å². The first-order valence-electron chi connectivity index (χ1n) is 7.55. The molecule has 2 amide bonds. The first-order valence-corrected chi connectivity index (χ1v) is 7.55. The highest BCUT2D eigenvalue weighted by atomic mass is 16.2. The summed E-state index contributed by atoms with van der Waals surface area (Å²) >= 11 is 0. The highest BCUT2D eigenvalue weighted by Crippen LogP contribution is 2.20. The molecule has 1 saturated heterocycles. The molecule has 1 aromatic heterocycles. The zero-order valence-corrected chi connectivity index (χ0v) is 12.3. The molecule has 1 aliphatic heterocycles. The predicted octanol–water partition coefficient (Wildman–Crippen LogP) is 0.432. The Morgan fingerprint density at radius 2 is 1.77 bits per heavy atom. The summed E-state index contributed by atoms with van der Waals surface area (Å²) in [7, 11) is 0. The van der Waals surface area contributed by atoms with Gasteiger partial charge in [-0.15, -0.1) is 0 Å². The molecule has 6 nitrogen and oxygen atoms in total. The zero-order chi connectivity index (χ0) is 15.5. The van der Waals surface area contributed by atoms with E-state index in [-0.39, 0.29) is 11.8 Å². The van der Waals surface area contributed by atoms with Crippen molar-refractivity contribution in [3.63, 3.8) is 0 Å². The fourth-order valence-electron chi connectivity index (χ4n) is 2.87. The number of nitrogens with two attached hydrogens (primary N) is 1. The van der Waals surface area contributed by atoms with Crippen LogP contribution in [0.25, 0.3) is 10.9 Å². The molecule has 116 valence electrons. The van der Waals surface area contributed by atoms with Crippen LogP contribution < -0.4 is 16.4 Å². The van der Waals surface area contributed by atoms with E-state index in [9.17, 15) is 9.59 Å². The van der Waals surface area contributed by atoms with E-state index in [2.05, 4.69) is 15.6 Å². The molecule has 1 fully saturated rings. The largest absolute Gasteiger partial charge is 0.361 e. The maximum absolute atomic E-state index is 12.2. The molecule has 6 heteroatoms. The third-order valence-electron chi connectivity index (χ3n) is 4.06. The van der Waals surface area contributed by atoms with Crippen molar-refractivity contribution in [1.82, 2.24) is 15.6 Å². The third kappa shape index (κ3) is 2.82. The molecule has 1 aliphatic rings. The van der Waals surface area contributed by atoms with E-state index in [1.54, 1.807) is 0 Å². The van der Waals surface area contributed by atoms with Crippen LogP contribution in [0, 0.1) is 0 Å². The fraction of sp³-hybridized carbons (Fsp3) is 0.375. The lowest BCUT2D eigenvalue weighted by molar-refractivity contribution is -0.136. The second-order valence-electron chi connectivity index (χ2n) is 5.62. The summed E-state index contributed by atoms with van der Waals surface area (Å²) in [5.74, 6) is -0.259. The van der Waals surface area contributed by atoms with Crippen molar-refractivity contribution in [2.45, 2.75) is 31.3 Å². The van der Waals surface area contributed by atoms with Crippen LogP contribution >= 0.6 is 0 Å². The number of amides is 2. The maximum atomic E-state index is 12.2. The van der Waals surface area contributed by atoms with Gasteiger partial charge in [0.15, 0.2) is 0 Å². The van der Waals surface area contributed by atoms with Gasteiger partial charge >= 0.3 is 0 Å². The van der Waals surface area contributed by atoms with Gasteiger partial charge in [-0.25, -0.2) is 0 Å². The average molecular weight is 300 g/mol. The van der Waals surface area contributed by atoms with Gasteiger partial charge in [0.1, 0.15) is 12.1 Å². The molecule has 22 heavy (non-hydrogen) atoms. The van der Waals surface area contributed by atoms with E-state index in [0.29, 0.717) is 25.8 Å². The van der Waals surface area contributed by atoms with Gasteiger partial charge in [0.25, 0.3) is 0 Å². The summed E-state index contributed by atoms with van der Waals surface area (Å²) in [5, 5.41) is 6.70. The monoisotopic (exact) mass is 300 g/mol. The Morgan fingerprint density at radius 1 is 1.05 bits per heavy atom. The van der Waals surface area contributed by atoms with Crippen LogP contribution in [0.1, 0.15) is 18.4 Å². The van der Waals surface area contributed by atoms with Gasteiger partial charge < -0.3 is 21.4 Å². The van der Waals surface area contributed by atoms with E-state index < -0.39 is 12.1 Å². The van der Waals surface area contributed by atoms with Crippen LogP contribution in [0.2, 0.25) is 0 Å². The van der Waals surface area contributed by atoms with Crippen molar-refractivity contribution < 1.29 is 9.59 Å². The smallest absolute Gasteiger partial charge is 0.243 e. The number of nitrogens with one attached hydrogen (secondary N) is 3. The Morgan fingerprint density at radius 3 is 2.59 bits per heavy atom. The lowest BCUT2D eigenvalue weighted by Crippen LogP contribution is -2.62. The van der Waals surface area contributed by atoms with Gasteiger partial charge in [0.2, 0.25) is 11.8 Å². The number of rotatable bonds is 5. The predicted molar refractivity (Wildman–Crippen MR) is 84.2 cm³/mol. The summed E-state index contributed by atoms with van der Waals surface area (Å²) in [4.78, 5) is 27.5. The molecule has 0 unspecified atom stereocenters. The SMILES string of the molecule is NCCC[C@@H]1NC(=O)[C@@H](Cc2c[nH]c3ccccc23)NC1=O. The summed E-state index contributed by atoms with van der Waals surface area (Å²) in [6, 6.07) is 6.92. The van der Waals surface area contributed by atoms with Crippen molar-refractivity contribution >= 4 is 22.7 Å². The molecule has 0 saturated carbocycles. The first kappa shape index (κ1) is 14.6. The van der Waals surface area contributed by atoms with E-state index in [1.807, 2.05) is 30.5 Å². The highest BCUT2D eigenvalue weighted by molar-refractivity contribution is 5.97. The zero-order valence-electron chi connectivity index (χ0n) is 12.3. The maximum Gasteiger partial charge on any atom is 0.243 e. The average Bonchev–Trinajstić information content (AvgIpc) is 2.92. The van der Waals surface area contributed by atoms with Crippen LogP contribution in [-0.4, -0.2) is 35.4 Å². The second-order valence-corrected chi connectivity index (χ2v) is 5.62. The Labute approximate surface area is 128 Å². The minimum atomic E-state index is -0.527. The number of fused-ring (bicyclic) bond motifs is 1. The quantitative estimate of drug-likeness (QED) is 0.644. The lowest BCUT2D eigenvalue weighted by Gasteiger charge is -2.29. The highest BCUT2D eigenvalue weighted by Gasteiger charge is 2.33. The topological polar surface area (TPSA) is 100 Å². The molecular weight excluding hydrogens is 280 g/mol. The summed E-state index contributed by atoms with van der Waals surface area (Å²) < 4.78 is 0. The van der Waals surface area contributed by atoms with Gasteiger partial charge in [-0.3, -0.25) is 9.59 Å². The number of hydrogen-bond donors (Lipinski definition) is 4. The molecule has 3 rings (SSSR count). The first-order chi connectivity index (χ1) is 10.7. The van der Waals surface area contributed by atoms with Crippen molar-refractivity contribution in [1.29, 1.82) is 0 Å². The standard InChI is InChI=1S/C16H20N4O2/c17-7-3-6-13-15(21)20-14(16(22)19-13)8-10-9-18-12-5-2-1-4-11(10)12/h1-2,4-5,9,13-14,18H,3,6-8,17H2,(H,19,22)(H,20,21)/t13-,14+/m0/s1. The number of aromatic nitrogens is 1. The van der Waals surface area contributed by atoms with Crippen LogP contribution in [0.3, 0.4) is 0 Å². The van der Waals surface area contributed by atoms with Gasteiger partial charge in [0.05, 0.1) is 0 Å². The van der Waals surface area contributed by atoms with E-state index in [4.69, 9.17) is 5.73 Å². The molecule has 1 aromatic carbocycles. The minimum absolute atomic E-state index is 0.127. The van der Waals surface area contributed by atoms with Crippen LogP contribution in [0.15, 0.2) is 30.5 Å². The fourth-order valence-corrected chi connectivity index (χ4v) is 2.87. The Hall–Kier alpha value is -2.34. The summed E-state index contributed by atoms with van der Waals surface area (Å²) in [6.07, 6.45) is 3.66. The molecule has 0 bridgehead atoms. The molecule has 2 heterocycles. The third-order valence-corrected chi connectivity index (χ3v) is 4.06. The number of H-pyrrole nitrogens is 1. The molecule has 2 atom stereocenters. The van der Waals surface area contributed by atoms with E-state index >= 15 is 0 Å². The lowest BCUT2D eigenvalue weighted by atomic mass is 10.00. The van der Waals surface area contributed by atoms with Crippen LogP contribution in [0.4, 0.5) is 0 Å². The molecule has 2 aromatic rings. The Kier molecular flexibility index (Phi) is 4.11. The second kappa shape index (κ2) is 6.19. The van der Waals surface area contributed by atoms with E-state index in [1.165, 1.54) is 0 Å². The van der Waals surface area contributed by atoms with Gasteiger partial charge in [0, 0.05) is 23.5 Å². The summed E-state index contributed by atoms with van der Waals surface area (Å²) in [5.41, 5.74) is 7.50. The normalized spacial score (nSPS) is 21.7. The van der Waals surface area contributed by atoms with Gasteiger partial charge in [-0.05, 0) is 31.0 Å². The number of benzene rings is 1. The number of para-hydroxylation sites is 1. The minimum Gasteiger partial charge on any atom is -0.361 e. The molecule has 0 aliphatic carbocycles. The van der Waals surface area contributed by atoms with Crippen molar-refractivity contribution in [3.8, 4) is 0 Å². The Bertz CT molecular complexity index is 694. The van der Waals surface area contributed by atoms with Crippen LogP contribution in [-0.2, 0) is 16.0 Å². The number of hydrogen-bond acceptors (Lipinski definition) is 3. The molecule has 0 radical (unpaired) electrons. The van der Waals surface area contributed by atoms with Gasteiger partial charge in [-0.1, -0.05) is 18.2 Å². The molecular formula is C16H20N4O2. The molecule has 5 N–H and O–H groups in total. The van der Waals surface area contributed by atoms with Crippen LogP contribution in [0.5, 0.6) is 0 Å². The Balaban J connectivity index is 1.71. The van der Waals surface area contributed by atoms with Crippen molar-refractivity contribution in [3.05, 3.63) is 36.0 Å². The number of carbonyl (C=O) groups excluding carboxylic acids is 2. The summed E-state index contributed by atoms with van der Waals surface area (Å²) in [6.45, 7) is 0.512. The number of carbonyl (C=O) groups is 2. The number of piperazine rings is 1. The molecule has 0 spiro atoms. The number of aromatic amines is 1.